The Labute approximate surface area is 120 Å². The van der Waals surface area contributed by atoms with E-state index in [1.165, 1.54) is 11.1 Å². The third kappa shape index (κ3) is 1.50. The van der Waals surface area contributed by atoms with Gasteiger partial charge in [-0.3, -0.25) is 0 Å². The molecule has 3 aliphatic rings. The largest absolute Gasteiger partial charge is 0.493 e. The minimum atomic E-state index is 0.0508. The highest BCUT2D eigenvalue weighted by molar-refractivity contribution is 5.60. The number of rotatable bonds is 1. The van der Waals surface area contributed by atoms with E-state index in [-0.39, 0.29) is 11.5 Å². The van der Waals surface area contributed by atoms with E-state index in [0.29, 0.717) is 5.92 Å². The lowest BCUT2D eigenvalue weighted by Crippen LogP contribution is -2.41. The van der Waals surface area contributed by atoms with Crippen LogP contribution in [0.25, 0.3) is 0 Å². The van der Waals surface area contributed by atoms with E-state index in [1.54, 1.807) is 7.11 Å². The van der Waals surface area contributed by atoms with Gasteiger partial charge in [0.15, 0.2) is 11.5 Å². The SMILES string of the molecule is COc1ccc2c3c1O[C@@H]1C[C@@H](C)C=C[C@]31CCNC2. The predicted octanol–water partition coefficient (Wildman–Crippen LogP) is 2.78. The first kappa shape index (κ1) is 12.3. The van der Waals surface area contributed by atoms with Crippen molar-refractivity contribution in [2.75, 3.05) is 13.7 Å². The van der Waals surface area contributed by atoms with E-state index in [1.807, 2.05) is 6.07 Å². The van der Waals surface area contributed by atoms with Crippen molar-refractivity contribution in [2.45, 2.75) is 37.8 Å². The summed E-state index contributed by atoms with van der Waals surface area (Å²) in [6.07, 6.45) is 7.23. The summed E-state index contributed by atoms with van der Waals surface area (Å²) in [6, 6.07) is 4.23. The number of ether oxygens (including phenoxy) is 2. The van der Waals surface area contributed by atoms with Crippen molar-refractivity contribution >= 4 is 0 Å². The van der Waals surface area contributed by atoms with Gasteiger partial charge in [0.1, 0.15) is 6.10 Å². The third-order valence-electron chi connectivity index (χ3n) is 5.07. The zero-order valence-electron chi connectivity index (χ0n) is 12.1. The van der Waals surface area contributed by atoms with Gasteiger partial charge in [0.05, 0.1) is 12.5 Å². The molecule has 0 amide bonds. The van der Waals surface area contributed by atoms with Crippen LogP contribution >= 0.6 is 0 Å². The van der Waals surface area contributed by atoms with Gasteiger partial charge in [-0.1, -0.05) is 25.1 Å². The van der Waals surface area contributed by atoms with Crippen molar-refractivity contribution in [3.8, 4) is 11.5 Å². The summed E-state index contributed by atoms with van der Waals surface area (Å²) in [6.45, 7) is 4.23. The molecule has 1 N–H and O–H groups in total. The predicted molar refractivity (Wildman–Crippen MR) is 78.3 cm³/mol. The molecule has 106 valence electrons. The molecule has 0 radical (unpaired) electrons. The molecule has 0 saturated carbocycles. The smallest absolute Gasteiger partial charge is 0.166 e. The number of nitrogens with one attached hydrogen (secondary N) is 1. The summed E-state index contributed by atoms with van der Waals surface area (Å²) in [5.74, 6) is 2.45. The molecule has 3 nitrogen and oxygen atoms in total. The summed E-state index contributed by atoms with van der Waals surface area (Å²) < 4.78 is 11.9. The van der Waals surface area contributed by atoms with E-state index >= 15 is 0 Å². The molecule has 2 aliphatic heterocycles. The Morgan fingerprint density at radius 3 is 3.15 bits per heavy atom. The second kappa shape index (κ2) is 4.26. The van der Waals surface area contributed by atoms with Crippen LogP contribution in [0.1, 0.15) is 30.9 Å². The fraction of sp³-hybridized carbons (Fsp3) is 0.529. The van der Waals surface area contributed by atoms with Gasteiger partial charge in [-0.25, -0.2) is 0 Å². The van der Waals surface area contributed by atoms with Crippen molar-refractivity contribution in [3.05, 3.63) is 35.4 Å². The van der Waals surface area contributed by atoms with E-state index < -0.39 is 0 Å². The van der Waals surface area contributed by atoms with Crippen LogP contribution in [-0.4, -0.2) is 19.8 Å². The molecule has 1 aliphatic carbocycles. The Hall–Kier alpha value is -1.48. The Balaban J connectivity index is 1.96. The third-order valence-corrected chi connectivity index (χ3v) is 5.07. The second-order valence-electron chi connectivity index (χ2n) is 6.28. The van der Waals surface area contributed by atoms with Gasteiger partial charge in [-0.2, -0.15) is 0 Å². The van der Waals surface area contributed by atoms with Gasteiger partial charge in [0.25, 0.3) is 0 Å². The standard InChI is InChI=1S/C17H21NO2/c1-11-5-6-17-7-8-18-10-12-3-4-13(19-2)16(15(12)17)20-14(17)9-11/h3-6,11,14,18H,7-10H2,1-2H3/t11-,14+,17+/m0/s1. The van der Waals surface area contributed by atoms with Gasteiger partial charge >= 0.3 is 0 Å². The molecule has 4 rings (SSSR count). The van der Waals surface area contributed by atoms with Gasteiger partial charge in [-0.05, 0) is 36.9 Å². The molecular weight excluding hydrogens is 250 g/mol. The topological polar surface area (TPSA) is 30.5 Å². The summed E-state index contributed by atoms with van der Waals surface area (Å²) in [4.78, 5) is 0. The van der Waals surface area contributed by atoms with Crippen molar-refractivity contribution in [3.63, 3.8) is 0 Å². The molecule has 1 spiro atoms. The maximum atomic E-state index is 6.37. The molecule has 0 bridgehead atoms. The fourth-order valence-electron chi connectivity index (χ4n) is 4.04. The van der Waals surface area contributed by atoms with E-state index in [0.717, 1.165) is 37.4 Å². The van der Waals surface area contributed by atoms with Crippen LogP contribution in [0.15, 0.2) is 24.3 Å². The summed E-state index contributed by atoms with van der Waals surface area (Å²) >= 11 is 0. The maximum Gasteiger partial charge on any atom is 0.166 e. The van der Waals surface area contributed by atoms with Gasteiger partial charge < -0.3 is 14.8 Å². The summed E-state index contributed by atoms with van der Waals surface area (Å²) in [7, 11) is 1.73. The van der Waals surface area contributed by atoms with Gasteiger partial charge in [0, 0.05) is 12.1 Å². The first-order chi connectivity index (χ1) is 9.74. The minimum Gasteiger partial charge on any atom is -0.493 e. The Bertz CT molecular complexity index is 581. The number of methoxy groups -OCH3 is 1. The molecule has 1 aromatic rings. The Morgan fingerprint density at radius 1 is 1.40 bits per heavy atom. The van der Waals surface area contributed by atoms with Crippen LogP contribution in [0, 0.1) is 5.92 Å². The maximum absolute atomic E-state index is 6.37. The lowest BCUT2D eigenvalue weighted by molar-refractivity contribution is 0.133. The fourth-order valence-corrected chi connectivity index (χ4v) is 4.04. The monoisotopic (exact) mass is 271 g/mol. The van der Waals surface area contributed by atoms with Crippen LogP contribution in [-0.2, 0) is 12.0 Å². The number of allylic oxidation sites excluding steroid dienone is 1. The molecule has 0 fully saturated rings. The molecule has 0 aromatic heterocycles. The first-order valence-corrected chi connectivity index (χ1v) is 7.51. The van der Waals surface area contributed by atoms with Crippen LogP contribution in [0.2, 0.25) is 0 Å². The van der Waals surface area contributed by atoms with Crippen molar-refractivity contribution in [1.29, 1.82) is 0 Å². The van der Waals surface area contributed by atoms with E-state index in [4.69, 9.17) is 9.47 Å². The molecule has 20 heavy (non-hydrogen) atoms. The Morgan fingerprint density at radius 2 is 2.30 bits per heavy atom. The highest BCUT2D eigenvalue weighted by Crippen LogP contribution is 2.55. The summed E-state index contributed by atoms with van der Waals surface area (Å²) in [5.41, 5.74) is 2.78. The Kier molecular flexibility index (Phi) is 2.61. The van der Waals surface area contributed by atoms with E-state index in [2.05, 4.69) is 30.5 Å². The highest BCUT2D eigenvalue weighted by atomic mass is 16.5. The van der Waals surface area contributed by atoms with Crippen LogP contribution < -0.4 is 14.8 Å². The second-order valence-corrected chi connectivity index (χ2v) is 6.28. The molecule has 1 aromatic carbocycles. The van der Waals surface area contributed by atoms with Gasteiger partial charge in [0.2, 0.25) is 0 Å². The van der Waals surface area contributed by atoms with Crippen LogP contribution in [0.5, 0.6) is 11.5 Å². The highest BCUT2D eigenvalue weighted by Gasteiger charge is 2.51. The molecule has 2 heterocycles. The average Bonchev–Trinajstić information content (AvgIpc) is 2.66. The van der Waals surface area contributed by atoms with Crippen molar-refractivity contribution in [1.82, 2.24) is 5.32 Å². The number of hydrogen-bond acceptors (Lipinski definition) is 3. The summed E-state index contributed by atoms with van der Waals surface area (Å²) in [5, 5.41) is 3.54. The van der Waals surface area contributed by atoms with Gasteiger partial charge in [-0.15, -0.1) is 0 Å². The molecule has 3 heteroatoms. The lowest BCUT2D eigenvalue weighted by Gasteiger charge is -2.36. The van der Waals surface area contributed by atoms with Crippen molar-refractivity contribution < 1.29 is 9.47 Å². The number of benzene rings is 1. The first-order valence-electron chi connectivity index (χ1n) is 7.51. The zero-order valence-corrected chi connectivity index (χ0v) is 12.1. The van der Waals surface area contributed by atoms with Crippen LogP contribution in [0.4, 0.5) is 0 Å². The molecule has 0 saturated heterocycles. The minimum absolute atomic E-state index is 0.0508. The quantitative estimate of drug-likeness (QED) is 0.797. The zero-order chi connectivity index (χ0) is 13.7. The lowest BCUT2D eigenvalue weighted by atomic mass is 9.68. The molecule has 0 unspecified atom stereocenters. The van der Waals surface area contributed by atoms with E-state index in [9.17, 15) is 0 Å². The normalized spacial score (nSPS) is 33.9. The average molecular weight is 271 g/mol. The van der Waals surface area contributed by atoms with Crippen LogP contribution in [0.3, 0.4) is 0 Å². The van der Waals surface area contributed by atoms with Crippen molar-refractivity contribution in [2.24, 2.45) is 5.92 Å². The number of hydrogen-bond donors (Lipinski definition) is 1. The molecule has 3 atom stereocenters. The molecular formula is C17H21NO2.